The zero-order chi connectivity index (χ0) is 14.7. The normalized spacial score (nSPS) is 15.8. The second-order valence-electron chi connectivity index (χ2n) is 5.70. The summed E-state index contributed by atoms with van der Waals surface area (Å²) in [5.74, 6) is 0.245. The Morgan fingerprint density at radius 3 is 2.50 bits per heavy atom. The number of aliphatic carboxylic acids is 1. The number of carboxylic acid groups (broad SMARTS) is 1. The summed E-state index contributed by atoms with van der Waals surface area (Å²) in [5, 5.41) is 10.4. The van der Waals surface area contributed by atoms with E-state index >= 15 is 0 Å². The Morgan fingerprint density at radius 2 is 1.95 bits per heavy atom. The number of fused-ring (bicyclic) bond motifs is 1. The number of carboxylic acids is 1. The van der Waals surface area contributed by atoms with Gasteiger partial charge in [0.25, 0.3) is 0 Å². The highest BCUT2D eigenvalue weighted by Gasteiger charge is 2.38. The molecule has 0 aliphatic heterocycles. The predicted octanol–water partition coefficient (Wildman–Crippen LogP) is 4.04. The van der Waals surface area contributed by atoms with Gasteiger partial charge < -0.3 is 9.67 Å². The molecule has 0 spiro atoms. The molecule has 3 rings (SSSR count). The number of hydrogen-bond donors (Lipinski definition) is 1. The summed E-state index contributed by atoms with van der Waals surface area (Å²) in [5.41, 5.74) is 0.327. The van der Waals surface area contributed by atoms with Gasteiger partial charge >= 0.3 is 5.97 Å². The summed E-state index contributed by atoms with van der Waals surface area (Å²) in [6, 6.07) is 3.39. The molecule has 1 aromatic carbocycles. The van der Waals surface area contributed by atoms with Crippen LogP contribution in [0.1, 0.15) is 38.4 Å². The zero-order valence-corrected chi connectivity index (χ0v) is 12.7. The van der Waals surface area contributed by atoms with E-state index in [1.165, 1.54) is 0 Å². The molecule has 0 bridgehead atoms. The van der Waals surface area contributed by atoms with Gasteiger partial charge in [-0.1, -0.05) is 23.2 Å². The number of rotatable bonds is 3. The summed E-state index contributed by atoms with van der Waals surface area (Å²) in [6.45, 7) is 3.34. The standard InChI is InChI=1S/C14H14Cl2N2O2/c1-14(2,13(19)20)18-11-6-9(16)8(15)5-10(11)17-12(18)7-3-4-7/h5-7H,3-4H2,1-2H3,(H,19,20). The van der Waals surface area contributed by atoms with Gasteiger partial charge in [0.15, 0.2) is 0 Å². The predicted molar refractivity (Wildman–Crippen MR) is 78.7 cm³/mol. The minimum Gasteiger partial charge on any atom is -0.480 e. The first-order chi connectivity index (χ1) is 9.32. The highest BCUT2D eigenvalue weighted by atomic mass is 35.5. The van der Waals surface area contributed by atoms with Crippen molar-refractivity contribution >= 4 is 40.2 Å². The first-order valence-electron chi connectivity index (χ1n) is 6.43. The molecule has 1 aliphatic rings. The molecule has 4 nitrogen and oxygen atoms in total. The van der Waals surface area contributed by atoms with Gasteiger partial charge in [0.05, 0.1) is 21.1 Å². The molecule has 1 N–H and O–H groups in total. The molecule has 1 saturated carbocycles. The lowest BCUT2D eigenvalue weighted by Gasteiger charge is -2.24. The van der Waals surface area contributed by atoms with Crippen LogP contribution in [-0.2, 0) is 10.3 Å². The maximum absolute atomic E-state index is 11.6. The third-order valence-electron chi connectivity index (χ3n) is 3.75. The van der Waals surface area contributed by atoms with E-state index in [9.17, 15) is 9.90 Å². The van der Waals surface area contributed by atoms with Crippen molar-refractivity contribution in [1.82, 2.24) is 9.55 Å². The molecule has 6 heteroatoms. The van der Waals surface area contributed by atoms with Crippen molar-refractivity contribution in [3.63, 3.8) is 0 Å². The van der Waals surface area contributed by atoms with Crippen molar-refractivity contribution in [3.05, 3.63) is 28.0 Å². The van der Waals surface area contributed by atoms with E-state index in [4.69, 9.17) is 23.2 Å². The van der Waals surface area contributed by atoms with E-state index in [0.717, 1.165) is 18.7 Å². The van der Waals surface area contributed by atoms with Crippen molar-refractivity contribution in [1.29, 1.82) is 0 Å². The Morgan fingerprint density at radius 1 is 1.35 bits per heavy atom. The summed E-state index contributed by atoms with van der Waals surface area (Å²) in [7, 11) is 0. The maximum atomic E-state index is 11.6. The molecular weight excluding hydrogens is 299 g/mol. The van der Waals surface area contributed by atoms with Gasteiger partial charge in [0.2, 0.25) is 0 Å². The van der Waals surface area contributed by atoms with Gasteiger partial charge in [0, 0.05) is 5.92 Å². The quantitative estimate of drug-likeness (QED) is 0.930. The number of halogens is 2. The Labute approximate surface area is 126 Å². The fourth-order valence-corrected chi connectivity index (χ4v) is 2.71. The van der Waals surface area contributed by atoms with Crippen LogP contribution in [0.4, 0.5) is 0 Å². The molecule has 106 valence electrons. The first-order valence-corrected chi connectivity index (χ1v) is 7.19. The Kier molecular flexibility index (Phi) is 2.99. The average Bonchev–Trinajstić information content (AvgIpc) is 3.12. The van der Waals surface area contributed by atoms with Crippen molar-refractivity contribution in [2.45, 2.75) is 38.1 Å². The molecule has 0 unspecified atom stereocenters. The molecule has 20 heavy (non-hydrogen) atoms. The van der Waals surface area contributed by atoms with Gasteiger partial charge in [-0.3, -0.25) is 0 Å². The molecule has 1 heterocycles. The monoisotopic (exact) mass is 312 g/mol. The summed E-state index contributed by atoms with van der Waals surface area (Å²) in [6.07, 6.45) is 2.08. The molecule has 1 aromatic heterocycles. The lowest BCUT2D eigenvalue weighted by molar-refractivity contribution is -0.145. The highest BCUT2D eigenvalue weighted by Crippen LogP contribution is 2.43. The van der Waals surface area contributed by atoms with Crippen molar-refractivity contribution in [3.8, 4) is 0 Å². The minimum atomic E-state index is -1.08. The van der Waals surface area contributed by atoms with Crippen molar-refractivity contribution in [2.24, 2.45) is 0 Å². The van der Waals surface area contributed by atoms with Crippen LogP contribution in [0.15, 0.2) is 12.1 Å². The molecule has 0 saturated heterocycles. The van der Waals surface area contributed by atoms with E-state index in [1.807, 2.05) is 0 Å². The highest BCUT2D eigenvalue weighted by molar-refractivity contribution is 6.42. The number of benzene rings is 1. The maximum Gasteiger partial charge on any atom is 0.329 e. The van der Waals surface area contributed by atoms with Crippen LogP contribution >= 0.6 is 23.2 Å². The van der Waals surface area contributed by atoms with Gasteiger partial charge in [-0.25, -0.2) is 9.78 Å². The molecule has 0 radical (unpaired) electrons. The second-order valence-corrected chi connectivity index (χ2v) is 6.51. The van der Waals surface area contributed by atoms with Crippen LogP contribution in [0.2, 0.25) is 10.0 Å². The van der Waals surface area contributed by atoms with Crippen LogP contribution in [-0.4, -0.2) is 20.6 Å². The van der Waals surface area contributed by atoms with Crippen LogP contribution in [0.3, 0.4) is 0 Å². The fourth-order valence-electron chi connectivity index (χ4n) is 2.39. The van der Waals surface area contributed by atoms with Gasteiger partial charge in [-0.2, -0.15) is 0 Å². The number of carbonyl (C=O) groups is 1. The fraction of sp³-hybridized carbons (Fsp3) is 0.429. The van der Waals surface area contributed by atoms with E-state index < -0.39 is 11.5 Å². The second kappa shape index (κ2) is 4.37. The van der Waals surface area contributed by atoms with Crippen molar-refractivity contribution < 1.29 is 9.90 Å². The number of imidazole rings is 1. The lowest BCUT2D eigenvalue weighted by atomic mass is 10.0. The Balaban J connectivity index is 2.34. The van der Waals surface area contributed by atoms with Gasteiger partial charge in [0.1, 0.15) is 11.4 Å². The van der Waals surface area contributed by atoms with E-state index in [2.05, 4.69) is 4.98 Å². The molecule has 0 atom stereocenters. The van der Waals surface area contributed by atoms with Crippen LogP contribution in [0, 0.1) is 0 Å². The summed E-state index contributed by atoms with van der Waals surface area (Å²) in [4.78, 5) is 16.2. The number of hydrogen-bond acceptors (Lipinski definition) is 2. The molecule has 2 aromatic rings. The summed E-state index contributed by atoms with van der Waals surface area (Å²) >= 11 is 12.1. The topological polar surface area (TPSA) is 55.1 Å². The SMILES string of the molecule is CC(C)(C(=O)O)n1c(C2CC2)nc2cc(Cl)c(Cl)cc21. The van der Waals surface area contributed by atoms with Gasteiger partial charge in [-0.05, 0) is 38.8 Å². The van der Waals surface area contributed by atoms with Gasteiger partial charge in [-0.15, -0.1) is 0 Å². The number of aromatic nitrogens is 2. The third-order valence-corrected chi connectivity index (χ3v) is 4.47. The average molecular weight is 313 g/mol. The Bertz CT molecular complexity index is 718. The van der Waals surface area contributed by atoms with E-state index in [1.54, 1.807) is 30.5 Å². The number of nitrogens with zero attached hydrogens (tertiary/aromatic N) is 2. The molecule has 0 amide bonds. The molecule has 1 fully saturated rings. The van der Waals surface area contributed by atoms with Crippen LogP contribution < -0.4 is 0 Å². The van der Waals surface area contributed by atoms with E-state index in [0.29, 0.717) is 27.0 Å². The minimum absolute atomic E-state index is 0.332. The van der Waals surface area contributed by atoms with Crippen molar-refractivity contribution in [2.75, 3.05) is 0 Å². The van der Waals surface area contributed by atoms with E-state index in [-0.39, 0.29) is 0 Å². The third kappa shape index (κ3) is 1.98. The smallest absolute Gasteiger partial charge is 0.329 e. The zero-order valence-electron chi connectivity index (χ0n) is 11.2. The molecule has 1 aliphatic carbocycles. The Hall–Kier alpha value is -1.26. The first kappa shape index (κ1) is 13.7. The lowest BCUT2D eigenvalue weighted by Crippen LogP contribution is -2.36. The largest absolute Gasteiger partial charge is 0.480 e. The van der Waals surface area contributed by atoms with Crippen LogP contribution in [0.25, 0.3) is 11.0 Å². The summed E-state index contributed by atoms with van der Waals surface area (Å²) < 4.78 is 1.78. The van der Waals surface area contributed by atoms with Crippen LogP contribution in [0.5, 0.6) is 0 Å². The molecular formula is C14H14Cl2N2O2.